The van der Waals surface area contributed by atoms with E-state index in [0.717, 1.165) is 19.3 Å². The lowest BCUT2D eigenvalue weighted by Gasteiger charge is -2.24. The molecule has 1 aromatic rings. The van der Waals surface area contributed by atoms with Gasteiger partial charge in [-0.1, -0.05) is 26.3 Å². The Kier molecular flexibility index (Phi) is 7.53. The molecule has 0 heterocycles. The number of aliphatic hydroxyl groups is 1. The predicted molar refractivity (Wildman–Crippen MR) is 86.1 cm³/mol. The summed E-state index contributed by atoms with van der Waals surface area (Å²) in [5.41, 5.74) is 1.21. The maximum absolute atomic E-state index is 11.5. The van der Waals surface area contributed by atoms with Crippen molar-refractivity contribution in [1.82, 2.24) is 0 Å². The molecule has 0 fully saturated rings. The summed E-state index contributed by atoms with van der Waals surface area (Å²) < 4.78 is 0. The van der Waals surface area contributed by atoms with Crippen LogP contribution in [0.4, 0.5) is 17.1 Å². The number of rotatable bonds is 10. The molecule has 0 unspecified atom stereocenters. The van der Waals surface area contributed by atoms with Crippen molar-refractivity contribution in [3.05, 3.63) is 28.3 Å². The number of benzene rings is 1. The molecule has 0 aliphatic heterocycles. The predicted octanol–water partition coefficient (Wildman–Crippen LogP) is 3.02. The minimum absolute atomic E-state index is 0.0204. The standard InChI is InChI=1S/C15H25N3O3/c1-3-5-10-17(11-12-19)14-8-6-7-13(16-9-4-2)15(14)18(20)21/h6-8,16,19H,3-5,9-12H2,1-2H3. The van der Waals surface area contributed by atoms with Crippen LogP contribution in [-0.4, -0.2) is 36.3 Å². The monoisotopic (exact) mass is 295 g/mol. The van der Waals surface area contributed by atoms with E-state index in [-0.39, 0.29) is 17.2 Å². The van der Waals surface area contributed by atoms with E-state index < -0.39 is 0 Å². The van der Waals surface area contributed by atoms with Gasteiger partial charge in [0.2, 0.25) is 0 Å². The summed E-state index contributed by atoms with van der Waals surface area (Å²) in [6, 6.07) is 5.30. The number of nitrogens with one attached hydrogen (secondary N) is 1. The third-order valence-electron chi connectivity index (χ3n) is 3.25. The van der Waals surface area contributed by atoms with Crippen molar-refractivity contribution in [3.63, 3.8) is 0 Å². The number of aliphatic hydroxyl groups excluding tert-OH is 1. The highest BCUT2D eigenvalue weighted by Crippen LogP contribution is 2.35. The summed E-state index contributed by atoms with van der Waals surface area (Å²) >= 11 is 0. The summed E-state index contributed by atoms with van der Waals surface area (Å²) in [6.07, 6.45) is 2.84. The van der Waals surface area contributed by atoms with Crippen molar-refractivity contribution in [2.45, 2.75) is 33.1 Å². The Morgan fingerprint density at radius 1 is 1.29 bits per heavy atom. The second kappa shape index (κ2) is 9.18. The van der Waals surface area contributed by atoms with Gasteiger partial charge < -0.3 is 15.3 Å². The lowest BCUT2D eigenvalue weighted by molar-refractivity contribution is -0.383. The number of nitrogens with zero attached hydrogens (tertiary/aromatic N) is 2. The fourth-order valence-electron chi connectivity index (χ4n) is 2.20. The highest BCUT2D eigenvalue weighted by atomic mass is 16.6. The number of nitro groups is 1. The van der Waals surface area contributed by atoms with Gasteiger partial charge in [-0.2, -0.15) is 0 Å². The van der Waals surface area contributed by atoms with Crippen molar-refractivity contribution in [2.24, 2.45) is 0 Å². The van der Waals surface area contributed by atoms with Crippen LogP contribution in [0.25, 0.3) is 0 Å². The number of hydrogen-bond acceptors (Lipinski definition) is 5. The molecule has 6 heteroatoms. The van der Waals surface area contributed by atoms with Crippen molar-refractivity contribution in [1.29, 1.82) is 0 Å². The van der Waals surface area contributed by atoms with E-state index in [0.29, 0.717) is 31.0 Å². The van der Waals surface area contributed by atoms with Crippen molar-refractivity contribution in [2.75, 3.05) is 36.5 Å². The minimum Gasteiger partial charge on any atom is -0.395 e. The molecular formula is C15H25N3O3. The van der Waals surface area contributed by atoms with Crippen LogP contribution >= 0.6 is 0 Å². The Labute approximate surface area is 125 Å². The van der Waals surface area contributed by atoms with E-state index in [1.807, 2.05) is 17.9 Å². The molecule has 0 aromatic heterocycles. The Balaban J connectivity index is 3.14. The van der Waals surface area contributed by atoms with Gasteiger partial charge in [0.15, 0.2) is 0 Å². The highest BCUT2D eigenvalue weighted by Gasteiger charge is 2.23. The van der Waals surface area contributed by atoms with E-state index in [1.54, 1.807) is 12.1 Å². The van der Waals surface area contributed by atoms with Gasteiger partial charge in [0.25, 0.3) is 0 Å². The van der Waals surface area contributed by atoms with Gasteiger partial charge in [-0.25, -0.2) is 0 Å². The first-order valence-electron chi connectivity index (χ1n) is 7.52. The average molecular weight is 295 g/mol. The van der Waals surface area contributed by atoms with Crippen molar-refractivity contribution in [3.8, 4) is 0 Å². The maximum atomic E-state index is 11.5. The number of nitro benzene ring substituents is 1. The van der Waals surface area contributed by atoms with Gasteiger partial charge in [0.05, 0.1) is 11.5 Å². The zero-order valence-corrected chi connectivity index (χ0v) is 12.8. The summed E-state index contributed by atoms with van der Waals surface area (Å²) in [4.78, 5) is 13.0. The summed E-state index contributed by atoms with van der Waals surface area (Å²) in [5.74, 6) is 0. The molecule has 0 radical (unpaired) electrons. The highest BCUT2D eigenvalue weighted by molar-refractivity contribution is 5.77. The molecule has 0 bridgehead atoms. The first kappa shape index (κ1) is 17.2. The zero-order valence-electron chi connectivity index (χ0n) is 12.8. The van der Waals surface area contributed by atoms with Crippen molar-refractivity contribution < 1.29 is 10.0 Å². The van der Waals surface area contributed by atoms with Crippen LogP contribution in [-0.2, 0) is 0 Å². The van der Waals surface area contributed by atoms with Crippen LogP contribution in [0.1, 0.15) is 33.1 Å². The molecule has 0 aliphatic carbocycles. The van der Waals surface area contributed by atoms with Gasteiger partial charge >= 0.3 is 5.69 Å². The second-order valence-electron chi connectivity index (χ2n) is 4.92. The average Bonchev–Trinajstić information content (AvgIpc) is 2.48. The molecular weight excluding hydrogens is 270 g/mol. The largest absolute Gasteiger partial charge is 0.395 e. The van der Waals surface area contributed by atoms with E-state index in [4.69, 9.17) is 0 Å². The summed E-state index contributed by atoms with van der Waals surface area (Å²) in [5, 5.41) is 23.8. The third kappa shape index (κ3) is 4.90. The Bertz CT molecular complexity index is 452. The first-order chi connectivity index (χ1) is 10.2. The molecule has 1 aromatic carbocycles. The topological polar surface area (TPSA) is 78.6 Å². The summed E-state index contributed by atoms with van der Waals surface area (Å²) in [7, 11) is 0. The van der Waals surface area contributed by atoms with Crippen LogP contribution in [0.5, 0.6) is 0 Å². The van der Waals surface area contributed by atoms with Crippen LogP contribution < -0.4 is 10.2 Å². The molecule has 0 saturated carbocycles. The quantitative estimate of drug-likeness (QED) is 0.512. The zero-order chi connectivity index (χ0) is 15.7. The molecule has 0 spiro atoms. The lowest BCUT2D eigenvalue weighted by atomic mass is 10.2. The van der Waals surface area contributed by atoms with Gasteiger partial charge in [0.1, 0.15) is 11.4 Å². The third-order valence-corrected chi connectivity index (χ3v) is 3.25. The fourth-order valence-corrected chi connectivity index (χ4v) is 2.20. The Hall–Kier alpha value is -1.82. The molecule has 0 saturated heterocycles. The number of unbranched alkanes of at least 4 members (excludes halogenated alkanes) is 1. The van der Waals surface area contributed by atoms with Gasteiger partial charge in [0, 0.05) is 19.6 Å². The van der Waals surface area contributed by atoms with Gasteiger partial charge in [-0.15, -0.1) is 0 Å². The van der Waals surface area contributed by atoms with Gasteiger partial charge in [-0.3, -0.25) is 10.1 Å². The first-order valence-corrected chi connectivity index (χ1v) is 7.52. The minimum atomic E-state index is -0.344. The normalized spacial score (nSPS) is 10.4. The summed E-state index contributed by atoms with van der Waals surface area (Å²) in [6.45, 7) is 5.87. The van der Waals surface area contributed by atoms with Gasteiger partial charge in [-0.05, 0) is 25.0 Å². The molecule has 0 amide bonds. The van der Waals surface area contributed by atoms with Crippen LogP contribution in [0, 0.1) is 10.1 Å². The Morgan fingerprint density at radius 3 is 2.62 bits per heavy atom. The van der Waals surface area contributed by atoms with Crippen molar-refractivity contribution >= 4 is 17.1 Å². The van der Waals surface area contributed by atoms with E-state index in [2.05, 4.69) is 12.2 Å². The SMILES string of the molecule is CCCCN(CCO)c1cccc(NCCC)c1[N+](=O)[O-]. The molecule has 0 aliphatic rings. The van der Waals surface area contributed by atoms with E-state index in [1.165, 1.54) is 0 Å². The number of anilines is 2. The molecule has 6 nitrogen and oxygen atoms in total. The number of para-hydroxylation sites is 1. The second-order valence-corrected chi connectivity index (χ2v) is 4.92. The van der Waals surface area contributed by atoms with E-state index in [9.17, 15) is 15.2 Å². The van der Waals surface area contributed by atoms with Crippen LogP contribution in [0.15, 0.2) is 18.2 Å². The lowest BCUT2D eigenvalue weighted by Crippen LogP contribution is -2.28. The molecule has 0 atom stereocenters. The molecule has 118 valence electrons. The molecule has 2 N–H and O–H groups in total. The maximum Gasteiger partial charge on any atom is 0.315 e. The Morgan fingerprint density at radius 2 is 2.05 bits per heavy atom. The molecule has 1 rings (SSSR count). The smallest absolute Gasteiger partial charge is 0.315 e. The van der Waals surface area contributed by atoms with Crippen LogP contribution in [0.3, 0.4) is 0 Å². The molecule has 21 heavy (non-hydrogen) atoms. The number of hydrogen-bond donors (Lipinski definition) is 2. The van der Waals surface area contributed by atoms with E-state index >= 15 is 0 Å². The fraction of sp³-hybridized carbons (Fsp3) is 0.600. The van der Waals surface area contributed by atoms with Crippen LogP contribution in [0.2, 0.25) is 0 Å².